The zero-order chi connectivity index (χ0) is 33.9. The van der Waals surface area contributed by atoms with Gasteiger partial charge in [0.1, 0.15) is 33.5 Å². The number of hydrogen-bond acceptors (Lipinski definition) is 6. The first-order valence-electron chi connectivity index (χ1n) is 17.2. The van der Waals surface area contributed by atoms with E-state index in [1.54, 1.807) is 12.4 Å². The van der Waals surface area contributed by atoms with E-state index in [0.29, 0.717) is 11.4 Å². The van der Waals surface area contributed by atoms with E-state index < -0.39 is 0 Å². The fraction of sp³-hybridized carbons (Fsp3) is 0. The zero-order valence-electron chi connectivity index (χ0n) is 27.4. The van der Waals surface area contributed by atoms with Crippen molar-refractivity contribution in [1.29, 1.82) is 0 Å². The van der Waals surface area contributed by atoms with Crippen molar-refractivity contribution in [1.82, 2.24) is 9.97 Å². The smallest absolute Gasteiger partial charge is 0.227 e. The fourth-order valence-corrected chi connectivity index (χ4v) is 7.85. The van der Waals surface area contributed by atoms with Crippen LogP contribution in [-0.4, -0.2) is 9.97 Å². The summed E-state index contributed by atoms with van der Waals surface area (Å²) in [6.07, 6.45) is 3.51. The van der Waals surface area contributed by atoms with E-state index in [4.69, 9.17) is 17.7 Å². The van der Waals surface area contributed by atoms with Gasteiger partial charge in [-0.25, -0.2) is 9.97 Å². The number of aromatic nitrogens is 2. The van der Waals surface area contributed by atoms with E-state index in [0.717, 1.165) is 110 Å². The van der Waals surface area contributed by atoms with Gasteiger partial charge in [0, 0.05) is 55.5 Å². The van der Waals surface area contributed by atoms with Crippen molar-refractivity contribution in [3.63, 3.8) is 0 Å². The second-order valence-corrected chi connectivity index (χ2v) is 13.4. The van der Waals surface area contributed by atoms with Gasteiger partial charge in [-0.15, -0.1) is 0 Å². The molecule has 6 aromatic carbocycles. The first-order valence-corrected chi connectivity index (χ1v) is 17.2. The van der Waals surface area contributed by atoms with E-state index >= 15 is 0 Å². The van der Waals surface area contributed by atoms with Crippen LogP contribution in [0.2, 0.25) is 0 Å². The third kappa shape index (κ3) is 4.00. The Morgan fingerprint density at radius 3 is 0.846 bits per heavy atom. The van der Waals surface area contributed by atoms with Gasteiger partial charge in [-0.2, -0.15) is 0 Å². The predicted molar refractivity (Wildman–Crippen MR) is 207 cm³/mol. The molecule has 0 bridgehead atoms. The molecule has 0 aliphatic heterocycles. The standard InChI is InChI=1S/C46H24N2O4/c1-3-31-33-19-25(9-15-43(33)51-45(31)47-17-1)27-5-11-39-35(21-27)37-23-29(7-13-41(37)49-39)30-8-14-42-38(24-30)36-22-28(6-12-40(36)50-42)26-10-16-44-34(20-26)32-4-2-18-48-46(32)52-44/h1-24H. The van der Waals surface area contributed by atoms with Crippen molar-refractivity contribution < 1.29 is 17.7 Å². The number of fused-ring (bicyclic) bond motifs is 12. The summed E-state index contributed by atoms with van der Waals surface area (Å²) in [5.41, 5.74) is 13.1. The zero-order valence-corrected chi connectivity index (χ0v) is 27.4. The van der Waals surface area contributed by atoms with Gasteiger partial charge < -0.3 is 17.7 Å². The maximum Gasteiger partial charge on any atom is 0.227 e. The first kappa shape index (κ1) is 27.6. The Morgan fingerprint density at radius 1 is 0.269 bits per heavy atom. The van der Waals surface area contributed by atoms with Gasteiger partial charge >= 0.3 is 0 Å². The van der Waals surface area contributed by atoms with Crippen molar-refractivity contribution in [3.05, 3.63) is 146 Å². The molecule has 12 aromatic rings. The lowest BCUT2D eigenvalue weighted by atomic mass is 9.98. The molecule has 0 saturated carbocycles. The third-order valence-corrected chi connectivity index (χ3v) is 10.4. The van der Waals surface area contributed by atoms with Crippen molar-refractivity contribution >= 4 is 88.0 Å². The number of benzene rings is 6. The van der Waals surface area contributed by atoms with Gasteiger partial charge in [-0.1, -0.05) is 36.4 Å². The van der Waals surface area contributed by atoms with E-state index in [2.05, 4.69) is 119 Å². The Labute approximate surface area is 294 Å². The molecule has 0 N–H and O–H groups in total. The Balaban J connectivity index is 0.957. The van der Waals surface area contributed by atoms with Crippen molar-refractivity contribution in [2.45, 2.75) is 0 Å². The monoisotopic (exact) mass is 668 g/mol. The normalized spacial score (nSPS) is 12.2. The molecule has 0 saturated heterocycles. The Bertz CT molecular complexity index is 3200. The lowest BCUT2D eigenvalue weighted by Gasteiger charge is -2.04. The molecule has 0 spiro atoms. The number of rotatable bonds is 3. The van der Waals surface area contributed by atoms with Gasteiger partial charge in [-0.3, -0.25) is 0 Å². The molecule has 0 aliphatic carbocycles. The van der Waals surface area contributed by atoms with Crippen LogP contribution in [0.4, 0.5) is 0 Å². The molecule has 0 amide bonds. The molecule has 242 valence electrons. The molecule has 6 nitrogen and oxygen atoms in total. The SMILES string of the molecule is c1cnc2oc3ccc(-c4ccc5oc6ccc(-c7ccc8oc9ccc(-c%10ccc%11oc%12ncccc%12c%11c%10)cc9c8c7)cc6c5c4)cc3c2c1. The average molecular weight is 669 g/mol. The van der Waals surface area contributed by atoms with Crippen LogP contribution in [0.3, 0.4) is 0 Å². The van der Waals surface area contributed by atoms with Crippen LogP contribution >= 0.6 is 0 Å². The first-order chi connectivity index (χ1) is 25.7. The predicted octanol–water partition coefficient (Wildman–Crippen LogP) is 13.1. The summed E-state index contributed by atoms with van der Waals surface area (Å²) in [7, 11) is 0. The molecule has 0 fully saturated rings. The minimum Gasteiger partial charge on any atom is -0.456 e. The van der Waals surface area contributed by atoms with Gasteiger partial charge in [0.2, 0.25) is 11.4 Å². The largest absolute Gasteiger partial charge is 0.456 e. The van der Waals surface area contributed by atoms with Crippen molar-refractivity contribution in [2.24, 2.45) is 0 Å². The minimum absolute atomic E-state index is 0.652. The van der Waals surface area contributed by atoms with Crippen LogP contribution in [0.1, 0.15) is 0 Å². The summed E-state index contributed by atoms with van der Waals surface area (Å²) in [5.74, 6) is 0. The van der Waals surface area contributed by atoms with Crippen LogP contribution in [0.15, 0.2) is 164 Å². The van der Waals surface area contributed by atoms with Crippen molar-refractivity contribution in [2.75, 3.05) is 0 Å². The molecule has 6 heterocycles. The van der Waals surface area contributed by atoms with E-state index in [1.807, 2.05) is 24.3 Å². The summed E-state index contributed by atoms with van der Waals surface area (Å²) in [6, 6.07) is 46.3. The summed E-state index contributed by atoms with van der Waals surface area (Å²) >= 11 is 0. The third-order valence-electron chi connectivity index (χ3n) is 10.4. The molecule has 0 unspecified atom stereocenters. The molecular weight excluding hydrogens is 645 g/mol. The van der Waals surface area contributed by atoms with Gasteiger partial charge in [0.25, 0.3) is 0 Å². The van der Waals surface area contributed by atoms with Gasteiger partial charge in [0.15, 0.2) is 0 Å². The number of furan rings is 4. The van der Waals surface area contributed by atoms with Crippen LogP contribution in [0, 0.1) is 0 Å². The fourth-order valence-electron chi connectivity index (χ4n) is 7.85. The van der Waals surface area contributed by atoms with E-state index in [-0.39, 0.29) is 0 Å². The van der Waals surface area contributed by atoms with E-state index in [1.165, 1.54) is 0 Å². The molecular formula is C46H24N2O4. The highest BCUT2D eigenvalue weighted by molar-refractivity contribution is 6.11. The number of nitrogens with zero attached hydrogens (tertiary/aromatic N) is 2. The molecule has 52 heavy (non-hydrogen) atoms. The molecule has 0 radical (unpaired) electrons. The Morgan fingerprint density at radius 2 is 0.538 bits per heavy atom. The molecule has 12 rings (SSSR count). The van der Waals surface area contributed by atoms with E-state index in [9.17, 15) is 0 Å². The van der Waals surface area contributed by atoms with Crippen LogP contribution < -0.4 is 0 Å². The summed E-state index contributed by atoms with van der Waals surface area (Å²) in [6.45, 7) is 0. The summed E-state index contributed by atoms with van der Waals surface area (Å²) in [4.78, 5) is 8.79. The van der Waals surface area contributed by atoms with Crippen LogP contribution in [-0.2, 0) is 0 Å². The lowest BCUT2D eigenvalue weighted by Crippen LogP contribution is -1.80. The number of pyridine rings is 2. The van der Waals surface area contributed by atoms with Crippen molar-refractivity contribution in [3.8, 4) is 33.4 Å². The number of hydrogen-bond donors (Lipinski definition) is 0. The topological polar surface area (TPSA) is 78.3 Å². The highest BCUT2D eigenvalue weighted by Gasteiger charge is 2.15. The second kappa shape index (κ2) is 10.2. The molecule has 6 heteroatoms. The van der Waals surface area contributed by atoms with Gasteiger partial charge in [0.05, 0.1) is 0 Å². The van der Waals surface area contributed by atoms with Crippen LogP contribution in [0.25, 0.3) is 121 Å². The maximum absolute atomic E-state index is 6.32. The Kier molecular flexibility index (Phi) is 5.41. The quantitative estimate of drug-likeness (QED) is 0.186. The second-order valence-electron chi connectivity index (χ2n) is 13.4. The Hall–Kier alpha value is -7.18. The highest BCUT2D eigenvalue weighted by atomic mass is 16.3. The molecule has 0 aliphatic rings. The van der Waals surface area contributed by atoms with Crippen LogP contribution in [0.5, 0.6) is 0 Å². The summed E-state index contributed by atoms with van der Waals surface area (Å²) in [5, 5.41) is 8.44. The molecule has 6 aromatic heterocycles. The lowest BCUT2D eigenvalue weighted by molar-refractivity contribution is 0.653. The molecule has 0 atom stereocenters. The maximum atomic E-state index is 6.32. The average Bonchev–Trinajstić information content (AvgIpc) is 3.96. The minimum atomic E-state index is 0.652. The summed E-state index contributed by atoms with van der Waals surface area (Å²) < 4.78 is 24.6. The van der Waals surface area contributed by atoms with Gasteiger partial charge in [-0.05, 0) is 130 Å². The highest BCUT2D eigenvalue weighted by Crippen LogP contribution is 2.40.